The van der Waals surface area contributed by atoms with Gasteiger partial charge in [0.1, 0.15) is 0 Å². The van der Waals surface area contributed by atoms with Gasteiger partial charge < -0.3 is 9.84 Å². The van der Waals surface area contributed by atoms with Crippen molar-refractivity contribution in [3.05, 3.63) is 41.5 Å². The van der Waals surface area contributed by atoms with Crippen molar-refractivity contribution in [2.75, 3.05) is 13.2 Å². The number of aliphatic hydroxyl groups excluding tert-OH is 1. The van der Waals surface area contributed by atoms with Crippen LogP contribution in [0.3, 0.4) is 0 Å². The van der Waals surface area contributed by atoms with Crippen molar-refractivity contribution in [3.8, 4) is 0 Å². The molecule has 0 saturated carbocycles. The summed E-state index contributed by atoms with van der Waals surface area (Å²) in [6.07, 6.45) is 4.80. The van der Waals surface area contributed by atoms with E-state index in [0.717, 1.165) is 18.4 Å². The second-order valence-electron chi connectivity index (χ2n) is 3.65. The summed E-state index contributed by atoms with van der Waals surface area (Å²) in [5.41, 5.74) is 2.15. The van der Waals surface area contributed by atoms with Gasteiger partial charge in [-0.2, -0.15) is 0 Å². The first-order chi connectivity index (χ1) is 8.26. The fourth-order valence-corrected chi connectivity index (χ4v) is 1.43. The molecule has 1 rings (SSSR count). The Bertz CT molecular complexity index is 366. The van der Waals surface area contributed by atoms with Crippen LogP contribution < -0.4 is 0 Å². The highest BCUT2D eigenvalue weighted by molar-refractivity contribution is 5.86. The van der Waals surface area contributed by atoms with Crippen LogP contribution in [-0.2, 0) is 16.0 Å². The fourth-order valence-electron chi connectivity index (χ4n) is 1.43. The Morgan fingerprint density at radius 2 is 2.06 bits per heavy atom. The van der Waals surface area contributed by atoms with Gasteiger partial charge in [-0.25, -0.2) is 4.79 Å². The number of esters is 1. The highest BCUT2D eigenvalue weighted by Gasteiger charge is 1.95. The van der Waals surface area contributed by atoms with E-state index in [1.807, 2.05) is 24.3 Å². The molecule has 1 N–H and O–H groups in total. The quantitative estimate of drug-likeness (QED) is 0.606. The van der Waals surface area contributed by atoms with Crippen LogP contribution in [0.2, 0.25) is 0 Å². The van der Waals surface area contributed by atoms with Crippen LogP contribution in [0.15, 0.2) is 30.3 Å². The van der Waals surface area contributed by atoms with Gasteiger partial charge >= 0.3 is 5.97 Å². The first kappa shape index (κ1) is 13.5. The minimum absolute atomic E-state index is 0.213. The molecule has 1 aromatic carbocycles. The lowest BCUT2D eigenvalue weighted by molar-refractivity contribution is -0.137. The predicted octanol–water partition coefficient (Wildman–Crippen LogP) is 2.19. The average Bonchev–Trinajstić information content (AvgIpc) is 2.35. The molecule has 0 aromatic heterocycles. The van der Waals surface area contributed by atoms with Crippen molar-refractivity contribution in [2.24, 2.45) is 0 Å². The summed E-state index contributed by atoms with van der Waals surface area (Å²) in [5, 5.41) is 8.72. The van der Waals surface area contributed by atoms with Crippen LogP contribution in [0.5, 0.6) is 0 Å². The molecule has 3 nitrogen and oxygen atoms in total. The van der Waals surface area contributed by atoms with Gasteiger partial charge in [0.05, 0.1) is 6.61 Å². The molecular weight excluding hydrogens is 216 g/mol. The van der Waals surface area contributed by atoms with Gasteiger partial charge in [0.25, 0.3) is 0 Å². The second kappa shape index (κ2) is 7.63. The van der Waals surface area contributed by atoms with Gasteiger partial charge in [0.15, 0.2) is 0 Å². The molecule has 92 valence electrons. The molecule has 0 atom stereocenters. The number of hydrogen-bond donors (Lipinski definition) is 1. The Labute approximate surface area is 102 Å². The maximum absolute atomic E-state index is 11.1. The topological polar surface area (TPSA) is 46.5 Å². The van der Waals surface area contributed by atoms with Crippen molar-refractivity contribution in [2.45, 2.75) is 19.8 Å². The zero-order valence-electron chi connectivity index (χ0n) is 10.1. The number of hydrogen-bond acceptors (Lipinski definition) is 3. The minimum Gasteiger partial charge on any atom is -0.463 e. The van der Waals surface area contributed by atoms with Crippen LogP contribution in [0.1, 0.15) is 24.5 Å². The van der Waals surface area contributed by atoms with E-state index in [-0.39, 0.29) is 12.6 Å². The molecule has 0 spiro atoms. The zero-order valence-corrected chi connectivity index (χ0v) is 10.1. The van der Waals surface area contributed by atoms with Crippen LogP contribution >= 0.6 is 0 Å². The van der Waals surface area contributed by atoms with E-state index in [0.29, 0.717) is 6.61 Å². The number of aliphatic hydroxyl groups is 1. The van der Waals surface area contributed by atoms with E-state index in [1.165, 1.54) is 11.6 Å². The molecule has 1 aromatic rings. The molecule has 0 aliphatic heterocycles. The molecule has 0 amide bonds. The van der Waals surface area contributed by atoms with E-state index < -0.39 is 0 Å². The van der Waals surface area contributed by atoms with Crippen LogP contribution in [0, 0.1) is 0 Å². The minimum atomic E-state index is -0.322. The van der Waals surface area contributed by atoms with Gasteiger partial charge in [-0.15, -0.1) is 0 Å². The summed E-state index contributed by atoms with van der Waals surface area (Å²) in [6, 6.07) is 7.89. The first-order valence-electron chi connectivity index (χ1n) is 5.81. The van der Waals surface area contributed by atoms with Crippen molar-refractivity contribution < 1.29 is 14.6 Å². The zero-order chi connectivity index (χ0) is 12.5. The smallest absolute Gasteiger partial charge is 0.330 e. The summed E-state index contributed by atoms with van der Waals surface area (Å²) in [7, 11) is 0. The highest BCUT2D eigenvalue weighted by atomic mass is 16.5. The van der Waals surface area contributed by atoms with Gasteiger partial charge in [-0.1, -0.05) is 24.3 Å². The lowest BCUT2D eigenvalue weighted by Gasteiger charge is -2.00. The average molecular weight is 234 g/mol. The van der Waals surface area contributed by atoms with Crippen molar-refractivity contribution in [3.63, 3.8) is 0 Å². The van der Waals surface area contributed by atoms with Gasteiger partial charge in [-0.3, -0.25) is 0 Å². The molecule has 0 saturated heterocycles. The number of rotatable bonds is 6. The Morgan fingerprint density at radius 1 is 1.35 bits per heavy atom. The van der Waals surface area contributed by atoms with Gasteiger partial charge in [0.2, 0.25) is 0 Å². The molecular formula is C14H18O3. The normalized spacial score (nSPS) is 10.7. The van der Waals surface area contributed by atoms with Crippen molar-refractivity contribution >= 4 is 12.0 Å². The van der Waals surface area contributed by atoms with Crippen molar-refractivity contribution in [1.29, 1.82) is 0 Å². The third kappa shape index (κ3) is 5.31. The predicted molar refractivity (Wildman–Crippen MR) is 67.5 cm³/mol. The lowest BCUT2D eigenvalue weighted by Crippen LogP contribution is -1.98. The van der Waals surface area contributed by atoms with E-state index >= 15 is 0 Å². The Hall–Kier alpha value is -1.61. The Morgan fingerprint density at radius 3 is 2.65 bits per heavy atom. The van der Waals surface area contributed by atoms with E-state index in [1.54, 1.807) is 13.0 Å². The number of aryl methyl sites for hydroxylation is 1. The third-order valence-electron chi connectivity index (χ3n) is 2.30. The third-order valence-corrected chi connectivity index (χ3v) is 2.30. The number of carbonyl (C=O) groups is 1. The summed E-state index contributed by atoms with van der Waals surface area (Å²) in [4.78, 5) is 11.1. The van der Waals surface area contributed by atoms with Gasteiger partial charge in [-0.05, 0) is 37.0 Å². The molecule has 0 fully saturated rings. The molecule has 0 aliphatic carbocycles. The molecule has 0 aliphatic rings. The number of benzene rings is 1. The second-order valence-corrected chi connectivity index (χ2v) is 3.65. The first-order valence-corrected chi connectivity index (χ1v) is 5.81. The molecule has 0 bridgehead atoms. The van der Waals surface area contributed by atoms with E-state index in [9.17, 15) is 4.79 Å². The molecule has 3 heteroatoms. The monoisotopic (exact) mass is 234 g/mol. The Kier molecular flexibility index (Phi) is 6.04. The van der Waals surface area contributed by atoms with Crippen LogP contribution in [-0.4, -0.2) is 24.3 Å². The summed E-state index contributed by atoms with van der Waals surface area (Å²) in [5.74, 6) is -0.322. The van der Waals surface area contributed by atoms with E-state index in [2.05, 4.69) is 0 Å². The number of carbonyl (C=O) groups excluding carboxylic acids is 1. The van der Waals surface area contributed by atoms with E-state index in [4.69, 9.17) is 9.84 Å². The summed E-state index contributed by atoms with van der Waals surface area (Å²) in [6.45, 7) is 2.38. The molecule has 0 heterocycles. The summed E-state index contributed by atoms with van der Waals surface area (Å²) >= 11 is 0. The number of ether oxygens (including phenoxy) is 1. The lowest BCUT2D eigenvalue weighted by atomic mass is 10.1. The van der Waals surface area contributed by atoms with Crippen LogP contribution in [0.25, 0.3) is 6.08 Å². The van der Waals surface area contributed by atoms with Crippen LogP contribution in [0.4, 0.5) is 0 Å². The largest absolute Gasteiger partial charge is 0.463 e. The molecule has 17 heavy (non-hydrogen) atoms. The summed E-state index contributed by atoms with van der Waals surface area (Å²) < 4.78 is 4.79. The standard InChI is InChI=1S/C14H18O3/c1-2-17-14(16)10-9-13-7-5-12(6-8-13)4-3-11-15/h5-10,15H,2-4,11H2,1H3/b10-9+. The van der Waals surface area contributed by atoms with Crippen molar-refractivity contribution in [1.82, 2.24) is 0 Å². The molecule has 0 unspecified atom stereocenters. The Balaban J connectivity index is 2.53. The highest BCUT2D eigenvalue weighted by Crippen LogP contribution is 2.08. The fraction of sp³-hybridized carbons (Fsp3) is 0.357. The van der Waals surface area contributed by atoms with Gasteiger partial charge in [0, 0.05) is 12.7 Å². The maximum atomic E-state index is 11.1. The SMILES string of the molecule is CCOC(=O)/C=C/c1ccc(CCCO)cc1. The maximum Gasteiger partial charge on any atom is 0.330 e. The molecule has 0 radical (unpaired) electrons.